The van der Waals surface area contributed by atoms with E-state index in [2.05, 4.69) is 11.8 Å². The van der Waals surface area contributed by atoms with Crippen molar-refractivity contribution in [2.75, 3.05) is 26.4 Å². The zero-order valence-electron chi connectivity index (χ0n) is 11.9. The molecule has 0 N–H and O–H groups in total. The molecule has 0 aliphatic carbocycles. The maximum atomic E-state index is 12.2. The van der Waals surface area contributed by atoms with Gasteiger partial charge < -0.3 is 14.4 Å². The lowest BCUT2D eigenvalue weighted by Crippen LogP contribution is -2.35. The van der Waals surface area contributed by atoms with Gasteiger partial charge in [0, 0.05) is 25.1 Å². The van der Waals surface area contributed by atoms with Gasteiger partial charge >= 0.3 is 0 Å². The molecule has 0 spiro atoms. The lowest BCUT2D eigenvalue weighted by Gasteiger charge is -2.30. The third-order valence-electron chi connectivity index (χ3n) is 4.09. The number of hydrogen-bond acceptors (Lipinski definition) is 4. The Bertz CT molecular complexity index is 500. The molecule has 1 atom stereocenters. The third kappa shape index (κ3) is 2.96. The number of likely N-dealkylation sites (tertiary alicyclic amines) is 1. The molecule has 4 nitrogen and oxygen atoms in total. The summed E-state index contributed by atoms with van der Waals surface area (Å²) >= 11 is 0. The fraction of sp³-hybridized carbons (Fsp3) is 0.562. The van der Waals surface area contributed by atoms with E-state index in [4.69, 9.17) is 9.47 Å². The Morgan fingerprint density at radius 2 is 2.20 bits per heavy atom. The van der Waals surface area contributed by atoms with Gasteiger partial charge in [-0.05, 0) is 43.5 Å². The van der Waals surface area contributed by atoms with E-state index in [1.807, 2.05) is 12.1 Å². The number of Topliss-reactive ketones (excluding diaryl/α,β-unsaturated/α-hetero) is 1. The number of benzene rings is 1. The summed E-state index contributed by atoms with van der Waals surface area (Å²) in [6, 6.07) is 5.44. The topological polar surface area (TPSA) is 38.8 Å². The van der Waals surface area contributed by atoms with Gasteiger partial charge in [0.25, 0.3) is 0 Å². The average molecular weight is 275 g/mol. The second kappa shape index (κ2) is 5.83. The van der Waals surface area contributed by atoms with Crippen molar-refractivity contribution in [2.45, 2.75) is 26.2 Å². The summed E-state index contributed by atoms with van der Waals surface area (Å²) in [5.74, 6) is 2.35. The summed E-state index contributed by atoms with van der Waals surface area (Å²) < 4.78 is 10.6. The highest BCUT2D eigenvalue weighted by molar-refractivity contribution is 5.96. The first-order valence-corrected chi connectivity index (χ1v) is 7.37. The van der Waals surface area contributed by atoms with Crippen molar-refractivity contribution in [2.24, 2.45) is 5.92 Å². The predicted molar refractivity (Wildman–Crippen MR) is 76.4 cm³/mol. The van der Waals surface area contributed by atoms with Crippen LogP contribution in [0.25, 0.3) is 0 Å². The number of ether oxygens (including phenoxy) is 2. The Hall–Kier alpha value is -1.55. The van der Waals surface area contributed by atoms with Crippen molar-refractivity contribution in [1.82, 2.24) is 4.90 Å². The number of rotatable bonds is 4. The first-order valence-electron chi connectivity index (χ1n) is 7.37. The number of carbonyl (C=O) groups is 1. The van der Waals surface area contributed by atoms with E-state index >= 15 is 0 Å². The van der Waals surface area contributed by atoms with E-state index in [9.17, 15) is 4.79 Å². The fourth-order valence-corrected chi connectivity index (χ4v) is 2.96. The Labute approximate surface area is 119 Å². The zero-order valence-corrected chi connectivity index (χ0v) is 11.9. The van der Waals surface area contributed by atoms with Crippen molar-refractivity contribution >= 4 is 5.78 Å². The van der Waals surface area contributed by atoms with E-state index in [0.29, 0.717) is 12.2 Å². The molecule has 3 rings (SSSR count). The molecule has 1 fully saturated rings. The van der Waals surface area contributed by atoms with Crippen molar-refractivity contribution in [3.63, 3.8) is 0 Å². The van der Waals surface area contributed by atoms with Crippen LogP contribution in [0.5, 0.6) is 11.5 Å². The Morgan fingerprint density at radius 3 is 3.05 bits per heavy atom. The van der Waals surface area contributed by atoms with Crippen molar-refractivity contribution in [1.29, 1.82) is 0 Å². The summed E-state index contributed by atoms with van der Waals surface area (Å²) in [6.07, 6.45) is 3.14. The first kappa shape index (κ1) is 13.4. The molecule has 1 aromatic carbocycles. The standard InChI is InChI=1S/C16H21NO3/c1-12-3-2-7-17(10-12)8-6-14(18)13-4-5-15-16(9-13)20-11-19-15/h4-5,9,12H,2-3,6-8,10-11H2,1H3. The number of piperidine rings is 1. The van der Waals surface area contributed by atoms with Crippen LogP contribution in [-0.4, -0.2) is 37.1 Å². The number of nitrogens with zero attached hydrogens (tertiary/aromatic N) is 1. The van der Waals surface area contributed by atoms with Crippen LogP contribution in [0.15, 0.2) is 18.2 Å². The van der Waals surface area contributed by atoms with Crippen LogP contribution < -0.4 is 9.47 Å². The normalized spacial score (nSPS) is 21.9. The lowest BCUT2D eigenvalue weighted by atomic mass is 9.99. The molecule has 0 bridgehead atoms. The molecule has 20 heavy (non-hydrogen) atoms. The maximum absolute atomic E-state index is 12.2. The molecule has 2 aliphatic rings. The number of carbonyl (C=O) groups excluding carboxylic acids is 1. The van der Waals surface area contributed by atoms with Crippen LogP contribution in [0.4, 0.5) is 0 Å². The monoisotopic (exact) mass is 275 g/mol. The van der Waals surface area contributed by atoms with E-state index in [0.717, 1.165) is 36.9 Å². The van der Waals surface area contributed by atoms with E-state index in [-0.39, 0.29) is 12.6 Å². The van der Waals surface area contributed by atoms with Crippen LogP contribution in [0.1, 0.15) is 36.5 Å². The fourth-order valence-electron chi connectivity index (χ4n) is 2.96. The summed E-state index contributed by atoms with van der Waals surface area (Å²) in [5.41, 5.74) is 0.722. The predicted octanol–water partition coefficient (Wildman–Crippen LogP) is 2.72. The summed E-state index contributed by atoms with van der Waals surface area (Å²) in [5, 5.41) is 0. The Balaban J connectivity index is 1.56. The van der Waals surface area contributed by atoms with Crippen LogP contribution in [-0.2, 0) is 0 Å². The van der Waals surface area contributed by atoms with Gasteiger partial charge in [-0.25, -0.2) is 0 Å². The van der Waals surface area contributed by atoms with E-state index in [1.165, 1.54) is 12.8 Å². The number of ketones is 1. The Morgan fingerprint density at radius 1 is 1.35 bits per heavy atom. The first-order chi connectivity index (χ1) is 9.72. The SMILES string of the molecule is CC1CCCN(CCC(=O)c2ccc3c(c2)OCO3)C1. The minimum Gasteiger partial charge on any atom is -0.454 e. The molecule has 1 unspecified atom stereocenters. The molecule has 1 aromatic rings. The van der Waals surface area contributed by atoms with Gasteiger partial charge in [-0.1, -0.05) is 6.92 Å². The second-order valence-corrected chi connectivity index (χ2v) is 5.79. The molecule has 2 heterocycles. The van der Waals surface area contributed by atoms with Crippen LogP contribution in [0.2, 0.25) is 0 Å². The highest BCUT2D eigenvalue weighted by Gasteiger charge is 2.19. The molecule has 1 saturated heterocycles. The zero-order chi connectivity index (χ0) is 13.9. The van der Waals surface area contributed by atoms with Crippen LogP contribution in [0.3, 0.4) is 0 Å². The number of hydrogen-bond donors (Lipinski definition) is 0. The minimum absolute atomic E-state index is 0.182. The third-order valence-corrected chi connectivity index (χ3v) is 4.09. The van der Waals surface area contributed by atoms with Crippen molar-refractivity contribution in [3.8, 4) is 11.5 Å². The van der Waals surface area contributed by atoms with Crippen LogP contribution in [0, 0.1) is 5.92 Å². The molecule has 2 aliphatic heterocycles. The molecule has 4 heteroatoms. The summed E-state index contributed by atoms with van der Waals surface area (Å²) in [4.78, 5) is 14.6. The van der Waals surface area contributed by atoms with Crippen LogP contribution >= 0.6 is 0 Å². The highest BCUT2D eigenvalue weighted by Crippen LogP contribution is 2.32. The summed E-state index contributed by atoms with van der Waals surface area (Å²) in [7, 11) is 0. The van der Waals surface area contributed by atoms with E-state index < -0.39 is 0 Å². The van der Waals surface area contributed by atoms with Crippen molar-refractivity contribution < 1.29 is 14.3 Å². The smallest absolute Gasteiger partial charge is 0.231 e. The van der Waals surface area contributed by atoms with Crippen molar-refractivity contribution in [3.05, 3.63) is 23.8 Å². The van der Waals surface area contributed by atoms with Gasteiger partial charge in [-0.15, -0.1) is 0 Å². The van der Waals surface area contributed by atoms with Gasteiger partial charge in [0.1, 0.15) is 0 Å². The summed E-state index contributed by atoms with van der Waals surface area (Å²) in [6.45, 7) is 5.63. The molecule has 0 radical (unpaired) electrons. The molecular formula is C16H21NO3. The van der Waals surface area contributed by atoms with Gasteiger partial charge in [-0.3, -0.25) is 4.79 Å². The molecule has 0 saturated carbocycles. The Kier molecular flexibility index (Phi) is 3.92. The van der Waals surface area contributed by atoms with E-state index in [1.54, 1.807) is 6.07 Å². The van der Waals surface area contributed by atoms with Gasteiger partial charge in [-0.2, -0.15) is 0 Å². The van der Waals surface area contributed by atoms with Gasteiger partial charge in [0.05, 0.1) is 0 Å². The molecule has 0 aromatic heterocycles. The van der Waals surface area contributed by atoms with Gasteiger partial charge in [0.15, 0.2) is 17.3 Å². The lowest BCUT2D eigenvalue weighted by molar-refractivity contribution is 0.0948. The highest BCUT2D eigenvalue weighted by atomic mass is 16.7. The van der Waals surface area contributed by atoms with Gasteiger partial charge in [0.2, 0.25) is 6.79 Å². The average Bonchev–Trinajstić information content (AvgIpc) is 2.92. The molecular weight excluding hydrogens is 254 g/mol. The minimum atomic E-state index is 0.182. The molecule has 108 valence electrons. The number of fused-ring (bicyclic) bond motifs is 1. The molecule has 0 amide bonds. The maximum Gasteiger partial charge on any atom is 0.231 e. The second-order valence-electron chi connectivity index (χ2n) is 5.79. The largest absolute Gasteiger partial charge is 0.454 e. The quantitative estimate of drug-likeness (QED) is 0.792.